The molecular weight excluding hydrogens is 399 g/mol. The van der Waals surface area contributed by atoms with Crippen molar-refractivity contribution in [2.75, 3.05) is 38.5 Å². The van der Waals surface area contributed by atoms with Gasteiger partial charge < -0.3 is 16.0 Å². The minimum atomic E-state index is -0.0246. The van der Waals surface area contributed by atoms with Crippen LogP contribution in [0.5, 0.6) is 0 Å². The van der Waals surface area contributed by atoms with Gasteiger partial charge >= 0.3 is 0 Å². The van der Waals surface area contributed by atoms with E-state index >= 15 is 0 Å². The molecule has 6 nitrogen and oxygen atoms in total. The number of hydrogen-bond acceptors (Lipinski definition) is 4. The minimum absolute atomic E-state index is 0. The molecule has 28 heavy (non-hydrogen) atoms. The van der Waals surface area contributed by atoms with Crippen LogP contribution in [0.4, 0.5) is 5.69 Å². The summed E-state index contributed by atoms with van der Waals surface area (Å²) < 4.78 is 0. The molecule has 1 heterocycles. The number of hydrogen-bond donors (Lipinski definition) is 2. The lowest BCUT2D eigenvalue weighted by Crippen LogP contribution is -2.52. The van der Waals surface area contributed by atoms with E-state index in [1.165, 1.54) is 12.8 Å². The standard InChI is InChI=1S/C20H30N4O2.2ClH/c1-15-5-4-6-16(13-15)22-19(25)14-23-9-11-24(12-10-23)20(26)17-7-2-3-8-18(17)21;;/h2-3,7-8,15-16H,4-6,9-14,21H2,1H3,(H,22,25);2*1H. The zero-order valence-corrected chi connectivity index (χ0v) is 18.1. The third kappa shape index (κ3) is 6.54. The number of halogens is 2. The zero-order chi connectivity index (χ0) is 18.5. The zero-order valence-electron chi connectivity index (χ0n) is 16.4. The molecule has 0 radical (unpaired) electrons. The highest BCUT2D eigenvalue weighted by atomic mass is 35.5. The fourth-order valence-corrected chi connectivity index (χ4v) is 4.01. The SMILES string of the molecule is CC1CCCC(NC(=O)CN2CCN(C(=O)c3ccccc3N)CC2)C1.Cl.Cl. The summed E-state index contributed by atoms with van der Waals surface area (Å²) in [6, 6.07) is 7.50. The van der Waals surface area contributed by atoms with E-state index in [4.69, 9.17) is 5.73 Å². The molecule has 1 aromatic carbocycles. The van der Waals surface area contributed by atoms with Gasteiger partial charge in [-0.25, -0.2) is 0 Å². The Labute approximate surface area is 180 Å². The van der Waals surface area contributed by atoms with Crippen LogP contribution >= 0.6 is 24.8 Å². The summed E-state index contributed by atoms with van der Waals surface area (Å²) in [4.78, 5) is 28.9. The first-order valence-electron chi connectivity index (χ1n) is 9.68. The number of para-hydroxylation sites is 1. The van der Waals surface area contributed by atoms with Gasteiger partial charge in [-0.3, -0.25) is 14.5 Å². The van der Waals surface area contributed by atoms with Gasteiger partial charge in [0.2, 0.25) is 5.91 Å². The Morgan fingerprint density at radius 2 is 1.79 bits per heavy atom. The van der Waals surface area contributed by atoms with E-state index in [1.54, 1.807) is 12.1 Å². The number of anilines is 1. The van der Waals surface area contributed by atoms with E-state index in [0.29, 0.717) is 55.9 Å². The van der Waals surface area contributed by atoms with Crippen molar-refractivity contribution in [1.29, 1.82) is 0 Å². The molecule has 0 spiro atoms. The van der Waals surface area contributed by atoms with Crippen LogP contribution in [-0.4, -0.2) is 60.4 Å². The number of piperazine rings is 1. The van der Waals surface area contributed by atoms with Crippen LogP contribution in [0.15, 0.2) is 24.3 Å². The average molecular weight is 431 g/mol. The molecule has 1 aliphatic carbocycles. The monoisotopic (exact) mass is 430 g/mol. The lowest BCUT2D eigenvalue weighted by Gasteiger charge is -2.35. The summed E-state index contributed by atoms with van der Waals surface area (Å²) in [6.07, 6.45) is 4.66. The van der Waals surface area contributed by atoms with Crippen LogP contribution in [0.1, 0.15) is 43.0 Å². The quantitative estimate of drug-likeness (QED) is 0.719. The van der Waals surface area contributed by atoms with Crippen molar-refractivity contribution in [1.82, 2.24) is 15.1 Å². The maximum Gasteiger partial charge on any atom is 0.256 e. The van der Waals surface area contributed by atoms with Crippen LogP contribution in [0, 0.1) is 5.92 Å². The topological polar surface area (TPSA) is 78.7 Å². The number of benzene rings is 1. The largest absolute Gasteiger partial charge is 0.398 e. The maximum absolute atomic E-state index is 12.6. The Morgan fingerprint density at radius 3 is 2.43 bits per heavy atom. The van der Waals surface area contributed by atoms with E-state index in [-0.39, 0.29) is 36.6 Å². The third-order valence-corrected chi connectivity index (χ3v) is 5.52. The Kier molecular flexibility index (Phi) is 10.1. The Morgan fingerprint density at radius 1 is 1.11 bits per heavy atom. The summed E-state index contributed by atoms with van der Waals surface area (Å²) in [6.45, 7) is 5.36. The van der Waals surface area contributed by atoms with Gasteiger partial charge in [-0.05, 0) is 30.9 Å². The van der Waals surface area contributed by atoms with Gasteiger partial charge in [0.25, 0.3) is 5.91 Å². The molecule has 3 N–H and O–H groups in total. The highest BCUT2D eigenvalue weighted by molar-refractivity contribution is 5.99. The number of nitrogens with one attached hydrogen (secondary N) is 1. The first-order valence-corrected chi connectivity index (χ1v) is 9.68. The van der Waals surface area contributed by atoms with Crippen molar-refractivity contribution in [3.8, 4) is 0 Å². The molecule has 1 aromatic rings. The molecule has 2 aliphatic rings. The number of nitrogens with zero attached hydrogens (tertiary/aromatic N) is 2. The molecule has 2 unspecified atom stereocenters. The summed E-state index contributed by atoms with van der Waals surface area (Å²) >= 11 is 0. The molecule has 2 fully saturated rings. The molecule has 8 heteroatoms. The van der Waals surface area contributed by atoms with Crippen LogP contribution in [0.25, 0.3) is 0 Å². The second-order valence-corrected chi connectivity index (χ2v) is 7.69. The maximum atomic E-state index is 12.6. The Hall–Kier alpha value is -1.50. The first-order chi connectivity index (χ1) is 12.5. The highest BCUT2D eigenvalue weighted by Gasteiger charge is 2.25. The molecule has 0 aromatic heterocycles. The van der Waals surface area contributed by atoms with Crippen molar-refractivity contribution >= 4 is 42.3 Å². The first kappa shape index (κ1) is 24.5. The molecule has 1 saturated carbocycles. The van der Waals surface area contributed by atoms with Crippen molar-refractivity contribution in [2.45, 2.75) is 38.6 Å². The Balaban J connectivity index is 0.00000196. The smallest absolute Gasteiger partial charge is 0.256 e. The normalized spacial score (nSPS) is 22.5. The van der Waals surface area contributed by atoms with Gasteiger partial charge in [-0.1, -0.05) is 31.9 Å². The van der Waals surface area contributed by atoms with Crippen molar-refractivity contribution < 1.29 is 9.59 Å². The second kappa shape index (κ2) is 11.5. The number of carbonyl (C=O) groups is 2. The molecule has 158 valence electrons. The molecule has 3 rings (SSSR count). The van der Waals surface area contributed by atoms with E-state index < -0.39 is 0 Å². The second-order valence-electron chi connectivity index (χ2n) is 7.69. The van der Waals surface area contributed by atoms with Crippen LogP contribution < -0.4 is 11.1 Å². The summed E-state index contributed by atoms with van der Waals surface area (Å²) in [5.74, 6) is 0.786. The van der Waals surface area contributed by atoms with E-state index in [1.807, 2.05) is 17.0 Å². The summed E-state index contributed by atoms with van der Waals surface area (Å²) in [5.41, 5.74) is 6.98. The Bertz CT molecular complexity index is 651. The number of carbonyl (C=O) groups excluding carboxylic acids is 2. The summed E-state index contributed by atoms with van der Waals surface area (Å²) in [5, 5.41) is 3.19. The van der Waals surface area contributed by atoms with E-state index in [0.717, 1.165) is 12.8 Å². The van der Waals surface area contributed by atoms with Crippen molar-refractivity contribution in [3.05, 3.63) is 29.8 Å². The van der Waals surface area contributed by atoms with Gasteiger partial charge in [0.1, 0.15) is 0 Å². The molecule has 1 aliphatic heterocycles. The molecule has 0 bridgehead atoms. The number of nitrogens with two attached hydrogens (primary N) is 1. The predicted octanol–water partition coefficient (Wildman–Crippen LogP) is 2.57. The average Bonchev–Trinajstić information content (AvgIpc) is 2.62. The van der Waals surface area contributed by atoms with Crippen LogP contribution in [0.2, 0.25) is 0 Å². The van der Waals surface area contributed by atoms with Crippen molar-refractivity contribution in [2.24, 2.45) is 5.92 Å². The minimum Gasteiger partial charge on any atom is -0.398 e. The van der Waals surface area contributed by atoms with Gasteiger partial charge in [0.05, 0.1) is 12.1 Å². The number of rotatable bonds is 4. The van der Waals surface area contributed by atoms with Gasteiger partial charge in [-0.2, -0.15) is 0 Å². The fourth-order valence-electron chi connectivity index (χ4n) is 4.01. The predicted molar refractivity (Wildman–Crippen MR) is 117 cm³/mol. The van der Waals surface area contributed by atoms with Crippen molar-refractivity contribution in [3.63, 3.8) is 0 Å². The van der Waals surface area contributed by atoms with Gasteiger partial charge in [-0.15, -0.1) is 24.8 Å². The highest BCUT2D eigenvalue weighted by Crippen LogP contribution is 2.23. The molecule has 2 amide bonds. The number of amides is 2. The van der Waals surface area contributed by atoms with Crippen LogP contribution in [-0.2, 0) is 4.79 Å². The fraction of sp³-hybridized carbons (Fsp3) is 0.600. The van der Waals surface area contributed by atoms with E-state index in [9.17, 15) is 9.59 Å². The molecule has 1 saturated heterocycles. The lowest BCUT2D eigenvalue weighted by molar-refractivity contribution is -0.123. The third-order valence-electron chi connectivity index (χ3n) is 5.52. The van der Waals surface area contributed by atoms with E-state index in [2.05, 4.69) is 17.1 Å². The van der Waals surface area contributed by atoms with Gasteiger partial charge in [0, 0.05) is 37.9 Å². The number of nitrogen functional groups attached to an aromatic ring is 1. The molecular formula is C20H32Cl2N4O2. The van der Waals surface area contributed by atoms with Gasteiger partial charge in [0.15, 0.2) is 0 Å². The van der Waals surface area contributed by atoms with Crippen LogP contribution in [0.3, 0.4) is 0 Å². The lowest BCUT2D eigenvalue weighted by atomic mass is 9.87. The molecule has 2 atom stereocenters. The summed E-state index contributed by atoms with van der Waals surface area (Å²) in [7, 11) is 0.